The van der Waals surface area contributed by atoms with Gasteiger partial charge in [-0.05, 0) is 27.1 Å². The van der Waals surface area contributed by atoms with E-state index in [1.54, 1.807) is 0 Å². The number of nitrogens with zero attached hydrogens (tertiary/aromatic N) is 1. The van der Waals surface area contributed by atoms with Gasteiger partial charge in [-0.25, -0.2) is 0 Å². The van der Waals surface area contributed by atoms with Crippen LogP contribution in [-0.4, -0.2) is 39.7 Å². The fourth-order valence-corrected chi connectivity index (χ4v) is 7.40. The Labute approximate surface area is 115 Å². The molecule has 0 amide bonds. The van der Waals surface area contributed by atoms with E-state index in [1.807, 2.05) is 0 Å². The Kier molecular flexibility index (Phi) is 13.5. The highest BCUT2D eigenvalue weighted by atomic mass is 27.2. The molecule has 0 N–H and O–H groups in total. The Morgan fingerprint density at radius 2 is 1.18 bits per heavy atom. The molecule has 0 rings (SSSR count). The fraction of sp³-hybridized carbons (Fsp3) is 1.00. The average molecular weight is 257 g/mol. The molecule has 0 aliphatic heterocycles. The molecule has 0 aliphatic carbocycles. The van der Waals surface area contributed by atoms with Crippen LogP contribution in [0, 0.1) is 0 Å². The summed E-state index contributed by atoms with van der Waals surface area (Å²) in [5, 5.41) is 0. The summed E-state index contributed by atoms with van der Waals surface area (Å²) >= 11 is -0.454. The van der Waals surface area contributed by atoms with E-state index in [2.05, 4.69) is 67.5 Å². The second-order valence-electron chi connectivity index (χ2n) is 6.47. The zero-order valence-electron chi connectivity index (χ0n) is 13.9. The number of hydrogen-bond donors (Lipinski definition) is 0. The van der Waals surface area contributed by atoms with Crippen molar-refractivity contribution in [1.82, 2.24) is 4.90 Å². The van der Waals surface area contributed by atoms with Crippen molar-refractivity contribution in [3.63, 3.8) is 0 Å². The van der Waals surface area contributed by atoms with Gasteiger partial charge in [-0.2, -0.15) is 0 Å². The topological polar surface area (TPSA) is 3.24 Å². The Balaban J connectivity index is 0. The summed E-state index contributed by atoms with van der Waals surface area (Å²) in [4.78, 5) is 2.21. The van der Waals surface area contributed by atoms with Gasteiger partial charge >= 0.3 is 0 Å². The summed E-state index contributed by atoms with van der Waals surface area (Å²) in [6.45, 7) is 17.8. The molecule has 0 aromatic heterocycles. The van der Waals surface area contributed by atoms with Crippen molar-refractivity contribution in [2.45, 2.75) is 75.6 Å². The molecule has 17 heavy (non-hydrogen) atoms. The molecule has 0 aromatic carbocycles. The van der Waals surface area contributed by atoms with E-state index in [1.165, 1.54) is 19.4 Å². The van der Waals surface area contributed by atoms with E-state index < -0.39 is 14.1 Å². The zero-order chi connectivity index (χ0) is 14.0. The Morgan fingerprint density at radius 3 is 1.24 bits per heavy atom. The predicted molar refractivity (Wildman–Crippen MR) is 84.5 cm³/mol. The largest absolute Gasteiger partial charge is 0.309 e. The van der Waals surface area contributed by atoms with Crippen molar-refractivity contribution >= 4 is 14.1 Å². The van der Waals surface area contributed by atoms with Gasteiger partial charge in [0.25, 0.3) is 14.1 Å². The third-order valence-corrected chi connectivity index (χ3v) is 7.89. The fourth-order valence-electron chi connectivity index (χ4n) is 2.78. The van der Waals surface area contributed by atoms with E-state index in [0.717, 1.165) is 14.3 Å². The summed E-state index contributed by atoms with van der Waals surface area (Å²) in [6.07, 6.45) is 2.63. The lowest BCUT2D eigenvalue weighted by Crippen LogP contribution is -2.24. The van der Waals surface area contributed by atoms with Gasteiger partial charge in [-0.3, -0.25) is 0 Å². The second-order valence-corrected chi connectivity index (χ2v) is 11.6. The van der Waals surface area contributed by atoms with Gasteiger partial charge in [0.15, 0.2) is 0 Å². The normalized spacial score (nSPS) is 11.1. The molecule has 0 bridgehead atoms. The van der Waals surface area contributed by atoms with Crippen LogP contribution >= 0.6 is 0 Å². The van der Waals surface area contributed by atoms with Gasteiger partial charge in [-0.1, -0.05) is 69.2 Å². The quantitative estimate of drug-likeness (QED) is 0.601. The van der Waals surface area contributed by atoms with Gasteiger partial charge in [0.2, 0.25) is 0 Å². The Morgan fingerprint density at radius 1 is 0.824 bits per heavy atom. The summed E-state index contributed by atoms with van der Waals surface area (Å²) < 4.78 is 2.92. The summed E-state index contributed by atoms with van der Waals surface area (Å²) in [5.74, 6) is 0. The van der Waals surface area contributed by atoms with E-state index in [9.17, 15) is 0 Å². The van der Waals surface area contributed by atoms with Gasteiger partial charge < -0.3 is 4.90 Å². The first-order chi connectivity index (χ1) is 7.73. The van der Waals surface area contributed by atoms with Crippen LogP contribution < -0.4 is 0 Å². The molecule has 0 saturated carbocycles. The van der Waals surface area contributed by atoms with Gasteiger partial charge in [0.1, 0.15) is 0 Å². The standard InChI is InChI=1S/C6H15N.3C3H7.Al/c1-4-5-6-7(2)3;3*1-3-2;/h4-6H2,1-3H3;3*3H,1-2H3;. The highest BCUT2D eigenvalue weighted by Gasteiger charge is 2.27. The molecular weight excluding hydrogens is 221 g/mol. The van der Waals surface area contributed by atoms with Crippen LogP contribution in [0.4, 0.5) is 0 Å². The van der Waals surface area contributed by atoms with Crippen molar-refractivity contribution in [3.05, 3.63) is 0 Å². The lowest BCUT2D eigenvalue weighted by atomic mass is 10.3. The van der Waals surface area contributed by atoms with Crippen molar-refractivity contribution < 1.29 is 0 Å². The molecule has 0 unspecified atom stereocenters. The van der Waals surface area contributed by atoms with Crippen LogP contribution in [0.3, 0.4) is 0 Å². The molecule has 0 heterocycles. The van der Waals surface area contributed by atoms with Crippen LogP contribution in [0.25, 0.3) is 0 Å². The first-order valence-corrected chi connectivity index (χ1v) is 9.38. The van der Waals surface area contributed by atoms with Crippen LogP contribution in [0.15, 0.2) is 0 Å². The Hall–Kier alpha value is 0.492. The molecule has 0 aromatic rings. The smallest absolute Gasteiger partial charge is 0.270 e. The van der Waals surface area contributed by atoms with Crippen molar-refractivity contribution in [2.24, 2.45) is 0 Å². The van der Waals surface area contributed by atoms with E-state index in [-0.39, 0.29) is 0 Å². The molecule has 0 saturated heterocycles. The third kappa shape index (κ3) is 12.7. The van der Waals surface area contributed by atoms with Crippen LogP contribution in [0.5, 0.6) is 0 Å². The summed E-state index contributed by atoms with van der Waals surface area (Å²) in [5.41, 5.74) is 0. The second kappa shape index (κ2) is 11.6. The summed E-state index contributed by atoms with van der Waals surface area (Å²) in [7, 11) is 4.21. The molecule has 0 aliphatic rings. The van der Waals surface area contributed by atoms with E-state index in [0.29, 0.717) is 0 Å². The number of rotatable bonds is 6. The maximum atomic E-state index is 2.39. The molecule has 0 atom stereocenters. The lowest BCUT2D eigenvalue weighted by Gasteiger charge is -2.22. The SMILES string of the molecule is CCCCN(C)C.C[CH](C)[Al]([CH](C)C)[CH](C)C. The van der Waals surface area contributed by atoms with Gasteiger partial charge in [-0.15, -0.1) is 0 Å². The molecule has 2 heteroatoms. The number of hydrogen-bond acceptors (Lipinski definition) is 1. The average Bonchev–Trinajstić information content (AvgIpc) is 2.13. The van der Waals surface area contributed by atoms with Crippen LogP contribution in [-0.2, 0) is 0 Å². The molecule has 0 spiro atoms. The maximum Gasteiger partial charge on any atom is 0.270 e. The molecule has 1 nitrogen and oxygen atoms in total. The first kappa shape index (κ1) is 19.8. The van der Waals surface area contributed by atoms with Crippen molar-refractivity contribution in [3.8, 4) is 0 Å². The highest BCUT2D eigenvalue weighted by Crippen LogP contribution is 2.28. The monoisotopic (exact) mass is 257 g/mol. The van der Waals surface area contributed by atoms with Crippen molar-refractivity contribution in [1.29, 1.82) is 0 Å². The lowest BCUT2D eigenvalue weighted by molar-refractivity contribution is 0.398. The van der Waals surface area contributed by atoms with E-state index >= 15 is 0 Å². The van der Waals surface area contributed by atoms with Crippen molar-refractivity contribution in [2.75, 3.05) is 20.6 Å². The maximum absolute atomic E-state index is 2.39. The van der Waals surface area contributed by atoms with Crippen LogP contribution in [0.1, 0.15) is 61.3 Å². The zero-order valence-corrected chi connectivity index (χ0v) is 15.0. The summed E-state index contributed by atoms with van der Waals surface area (Å²) in [6, 6.07) is 0. The van der Waals surface area contributed by atoms with Crippen LogP contribution in [0.2, 0.25) is 14.3 Å². The molecule has 104 valence electrons. The third-order valence-electron chi connectivity index (χ3n) is 3.27. The number of unbranched alkanes of at least 4 members (excludes halogenated alkanes) is 1. The minimum Gasteiger partial charge on any atom is -0.309 e. The highest BCUT2D eigenvalue weighted by molar-refractivity contribution is 6.63. The minimum absolute atomic E-state index is 0.454. The minimum atomic E-state index is -0.454. The van der Waals surface area contributed by atoms with Gasteiger partial charge in [0.05, 0.1) is 0 Å². The molecule has 0 radical (unpaired) electrons. The Bertz CT molecular complexity index is 134. The first-order valence-electron chi connectivity index (χ1n) is 7.38. The predicted octanol–water partition coefficient (Wildman–Crippen LogP) is 5.06. The van der Waals surface area contributed by atoms with E-state index in [4.69, 9.17) is 0 Å². The molecule has 0 fully saturated rings. The molecular formula is C15H36AlN. The van der Waals surface area contributed by atoms with Gasteiger partial charge in [0, 0.05) is 0 Å².